The van der Waals surface area contributed by atoms with Crippen molar-refractivity contribution >= 4 is 46.7 Å². The molecule has 0 fully saturated rings. The van der Waals surface area contributed by atoms with Crippen LogP contribution in [0.1, 0.15) is 16.8 Å². The summed E-state index contributed by atoms with van der Waals surface area (Å²) in [5.74, 6) is 1.28. The number of benzene rings is 2. The first-order chi connectivity index (χ1) is 13.0. The van der Waals surface area contributed by atoms with Crippen molar-refractivity contribution in [2.75, 3.05) is 5.32 Å². The molecule has 3 aromatic rings. The number of nitrogens with zero attached hydrogens (tertiary/aromatic N) is 2. The number of rotatable bonds is 4. The standard InChI is InChI=1S/C19H14Cl2FN3OS/c20-11-3-1-4-12(7-11)25-19(14-9-27-10-17(14)24-25)23-18(26)8-13-15(21)5-2-6-16(13)22/h1-7H,8-10H2,(H,23,26). The number of anilines is 1. The van der Waals surface area contributed by atoms with Gasteiger partial charge in [0.15, 0.2) is 0 Å². The summed E-state index contributed by atoms with van der Waals surface area (Å²) >= 11 is 13.9. The number of hydrogen-bond acceptors (Lipinski definition) is 3. The molecule has 2 aromatic carbocycles. The summed E-state index contributed by atoms with van der Waals surface area (Å²) in [4.78, 5) is 12.6. The van der Waals surface area contributed by atoms with Crippen LogP contribution in [-0.2, 0) is 22.7 Å². The highest BCUT2D eigenvalue weighted by Crippen LogP contribution is 2.36. The lowest BCUT2D eigenvalue weighted by Crippen LogP contribution is -2.19. The first kappa shape index (κ1) is 18.3. The minimum absolute atomic E-state index is 0.159. The average Bonchev–Trinajstić information content (AvgIpc) is 3.21. The summed E-state index contributed by atoms with van der Waals surface area (Å²) in [6.45, 7) is 0. The van der Waals surface area contributed by atoms with Crippen LogP contribution in [-0.4, -0.2) is 15.7 Å². The first-order valence-electron chi connectivity index (χ1n) is 8.20. The van der Waals surface area contributed by atoms with Crippen molar-refractivity contribution in [1.29, 1.82) is 0 Å². The lowest BCUT2D eigenvalue weighted by Gasteiger charge is -2.12. The molecule has 4 nitrogen and oxygen atoms in total. The molecular formula is C19H14Cl2FN3OS. The third kappa shape index (κ3) is 3.70. The van der Waals surface area contributed by atoms with Gasteiger partial charge in [-0.2, -0.15) is 16.9 Å². The van der Waals surface area contributed by atoms with Gasteiger partial charge in [0.2, 0.25) is 5.91 Å². The normalized spacial score (nSPS) is 12.9. The second-order valence-electron chi connectivity index (χ2n) is 6.08. The van der Waals surface area contributed by atoms with E-state index in [2.05, 4.69) is 10.4 Å². The topological polar surface area (TPSA) is 46.9 Å². The molecule has 0 unspecified atom stereocenters. The van der Waals surface area contributed by atoms with Crippen LogP contribution >= 0.6 is 35.0 Å². The molecule has 4 rings (SSSR count). The van der Waals surface area contributed by atoms with Gasteiger partial charge in [0.05, 0.1) is 17.8 Å². The maximum Gasteiger partial charge on any atom is 0.230 e. The van der Waals surface area contributed by atoms with Crippen LogP contribution in [0.15, 0.2) is 42.5 Å². The summed E-state index contributed by atoms with van der Waals surface area (Å²) in [6, 6.07) is 11.6. The van der Waals surface area contributed by atoms with Gasteiger partial charge in [0.25, 0.3) is 0 Å². The van der Waals surface area contributed by atoms with Gasteiger partial charge in [-0.25, -0.2) is 9.07 Å². The second-order valence-corrected chi connectivity index (χ2v) is 7.91. The quantitative estimate of drug-likeness (QED) is 0.625. The van der Waals surface area contributed by atoms with Crippen LogP contribution in [0, 0.1) is 5.82 Å². The summed E-state index contributed by atoms with van der Waals surface area (Å²) < 4.78 is 15.7. The van der Waals surface area contributed by atoms with E-state index in [4.69, 9.17) is 23.2 Å². The van der Waals surface area contributed by atoms with Crippen LogP contribution < -0.4 is 5.32 Å². The molecule has 0 saturated carbocycles. The lowest BCUT2D eigenvalue weighted by molar-refractivity contribution is -0.115. The molecule has 1 aliphatic heterocycles. The molecule has 0 radical (unpaired) electrons. The highest BCUT2D eigenvalue weighted by molar-refractivity contribution is 7.98. The monoisotopic (exact) mass is 421 g/mol. The number of halogens is 3. The highest BCUT2D eigenvalue weighted by Gasteiger charge is 2.25. The van der Waals surface area contributed by atoms with Crippen molar-refractivity contribution in [3.8, 4) is 5.69 Å². The Morgan fingerprint density at radius 1 is 1.22 bits per heavy atom. The van der Waals surface area contributed by atoms with Crippen molar-refractivity contribution in [3.63, 3.8) is 0 Å². The van der Waals surface area contributed by atoms with Crippen LogP contribution in [0.5, 0.6) is 0 Å². The zero-order valence-corrected chi connectivity index (χ0v) is 16.3. The summed E-state index contributed by atoms with van der Waals surface area (Å²) in [5, 5.41) is 8.32. The predicted octanol–water partition coefficient (Wildman–Crippen LogP) is 5.25. The molecule has 0 bridgehead atoms. The van der Waals surface area contributed by atoms with E-state index in [0.717, 1.165) is 28.5 Å². The fourth-order valence-corrected chi connectivity index (χ4v) is 4.42. The van der Waals surface area contributed by atoms with Crippen LogP contribution in [0.4, 0.5) is 10.2 Å². The Kier molecular flexibility index (Phi) is 5.12. The van der Waals surface area contributed by atoms with Gasteiger partial charge in [-0.1, -0.05) is 35.3 Å². The van der Waals surface area contributed by atoms with E-state index < -0.39 is 5.82 Å². The van der Waals surface area contributed by atoms with E-state index in [0.29, 0.717) is 10.8 Å². The number of carbonyl (C=O) groups is 1. The minimum atomic E-state index is -0.498. The number of aromatic nitrogens is 2. The smallest absolute Gasteiger partial charge is 0.230 e. The molecule has 0 aliphatic carbocycles. The molecule has 27 heavy (non-hydrogen) atoms. The van der Waals surface area contributed by atoms with Crippen LogP contribution in [0.2, 0.25) is 10.0 Å². The van der Waals surface area contributed by atoms with E-state index in [1.165, 1.54) is 12.1 Å². The van der Waals surface area contributed by atoms with Crippen LogP contribution in [0.25, 0.3) is 5.69 Å². The number of nitrogens with one attached hydrogen (secondary N) is 1. The molecule has 1 aliphatic rings. The molecule has 0 saturated heterocycles. The van der Waals surface area contributed by atoms with Crippen LogP contribution in [0.3, 0.4) is 0 Å². The fraction of sp³-hybridized carbons (Fsp3) is 0.158. The molecule has 2 heterocycles. The van der Waals surface area contributed by atoms with E-state index in [9.17, 15) is 9.18 Å². The summed E-state index contributed by atoms with van der Waals surface area (Å²) in [5.41, 5.74) is 2.84. The molecular weight excluding hydrogens is 408 g/mol. The Morgan fingerprint density at radius 3 is 2.81 bits per heavy atom. The van der Waals surface area contributed by atoms with Gasteiger partial charge in [0.1, 0.15) is 11.6 Å². The third-order valence-corrected chi connectivity index (χ3v) is 5.82. The van der Waals surface area contributed by atoms with Gasteiger partial charge >= 0.3 is 0 Å². The number of carbonyl (C=O) groups excluding carboxylic acids is 1. The Bertz CT molecular complexity index is 1020. The van der Waals surface area contributed by atoms with Crippen molar-refractivity contribution in [3.05, 3.63) is 75.1 Å². The lowest BCUT2D eigenvalue weighted by atomic mass is 10.1. The largest absolute Gasteiger partial charge is 0.310 e. The van der Waals surface area contributed by atoms with Gasteiger partial charge in [-0.15, -0.1) is 0 Å². The van der Waals surface area contributed by atoms with Crippen molar-refractivity contribution < 1.29 is 9.18 Å². The van der Waals surface area contributed by atoms with Gasteiger partial charge < -0.3 is 5.32 Å². The predicted molar refractivity (Wildman–Crippen MR) is 107 cm³/mol. The molecule has 1 amide bonds. The second kappa shape index (κ2) is 7.54. The Labute approximate surface area is 169 Å². The number of fused-ring (bicyclic) bond motifs is 1. The Hall–Kier alpha value is -2.02. The molecule has 0 atom stereocenters. The first-order valence-corrected chi connectivity index (χ1v) is 10.1. The molecule has 1 N–H and O–H groups in total. The van der Waals surface area contributed by atoms with Gasteiger partial charge in [-0.05, 0) is 30.3 Å². The SMILES string of the molecule is O=C(Cc1c(F)cccc1Cl)Nc1c2c(nn1-c1cccc(Cl)c1)CSC2. The fourth-order valence-electron chi connectivity index (χ4n) is 2.97. The van der Waals surface area contributed by atoms with Crippen molar-refractivity contribution in [2.45, 2.75) is 17.9 Å². The number of thioether (sulfide) groups is 1. The zero-order chi connectivity index (χ0) is 19.0. The molecule has 1 aromatic heterocycles. The van der Waals surface area contributed by atoms with Gasteiger partial charge in [0, 0.05) is 32.7 Å². The third-order valence-electron chi connectivity index (χ3n) is 4.26. The Morgan fingerprint density at radius 2 is 2.04 bits per heavy atom. The maximum atomic E-state index is 14.0. The molecule has 138 valence electrons. The summed E-state index contributed by atoms with van der Waals surface area (Å²) in [6.07, 6.45) is -0.159. The van der Waals surface area contributed by atoms with Crippen molar-refractivity contribution in [1.82, 2.24) is 9.78 Å². The summed E-state index contributed by atoms with van der Waals surface area (Å²) in [7, 11) is 0. The van der Waals surface area contributed by atoms with E-state index in [1.807, 2.05) is 12.1 Å². The molecule has 0 spiro atoms. The maximum absolute atomic E-state index is 14.0. The van der Waals surface area contributed by atoms with E-state index in [1.54, 1.807) is 34.6 Å². The molecule has 8 heteroatoms. The van der Waals surface area contributed by atoms with Crippen molar-refractivity contribution in [2.24, 2.45) is 0 Å². The van der Waals surface area contributed by atoms with Gasteiger partial charge in [-0.3, -0.25) is 4.79 Å². The Balaban J connectivity index is 1.66. The highest BCUT2D eigenvalue weighted by atomic mass is 35.5. The zero-order valence-electron chi connectivity index (χ0n) is 14.0. The van der Waals surface area contributed by atoms with E-state index in [-0.39, 0.29) is 22.9 Å². The number of hydrogen-bond donors (Lipinski definition) is 1. The van der Waals surface area contributed by atoms with E-state index >= 15 is 0 Å². The minimum Gasteiger partial charge on any atom is -0.310 e. The number of amides is 1. The average molecular weight is 422 g/mol.